The summed E-state index contributed by atoms with van der Waals surface area (Å²) >= 11 is 3.88. The number of carbonyl (C=O) groups excluding carboxylic acids is 2. The zero-order valence-corrected chi connectivity index (χ0v) is 8.15. The number of rotatable bonds is 1. The number of carbonyl (C=O) groups is 2. The fraction of sp³-hybridized carbons (Fsp3) is 0.111. The summed E-state index contributed by atoms with van der Waals surface area (Å²) in [6.07, 6.45) is 0. The normalized spacial score (nSPS) is 16.6. The minimum atomic E-state index is -0.399. The number of hydrogen-bond donors (Lipinski definition) is 1. The summed E-state index contributed by atoms with van der Waals surface area (Å²) < 4.78 is 1.09. The van der Waals surface area contributed by atoms with Gasteiger partial charge < -0.3 is 0 Å². The van der Waals surface area contributed by atoms with E-state index in [2.05, 4.69) is 12.8 Å². The third-order valence-corrected chi connectivity index (χ3v) is 2.27. The standard InChI is InChI=1S/C9H8N2O2S/c12-8-6-10(14)9(13)11(8)7-4-2-1-3-5-7/h1-5,14H,6H2. The third-order valence-electron chi connectivity index (χ3n) is 1.96. The second kappa shape index (κ2) is 3.34. The fourth-order valence-corrected chi connectivity index (χ4v) is 1.53. The van der Waals surface area contributed by atoms with Gasteiger partial charge in [0.25, 0.3) is 5.91 Å². The van der Waals surface area contributed by atoms with Crippen LogP contribution in [0.25, 0.3) is 0 Å². The van der Waals surface area contributed by atoms with Crippen LogP contribution in [0, 0.1) is 0 Å². The number of anilines is 1. The zero-order chi connectivity index (χ0) is 10.1. The van der Waals surface area contributed by atoms with E-state index in [0.717, 1.165) is 9.21 Å². The molecule has 1 aromatic rings. The van der Waals surface area contributed by atoms with Crippen LogP contribution in [0.2, 0.25) is 0 Å². The number of para-hydroxylation sites is 1. The van der Waals surface area contributed by atoms with Crippen molar-refractivity contribution in [1.29, 1.82) is 0 Å². The van der Waals surface area contributed by atoms with Gasteiger partial charge in [-0.15, -0.1) is 0 Å². The van der Waals surface area contributed by atoms with E-state index in [4.69, 9.17) is 0 Å². The Morgan fingerprint density at radius 2 is 1.79 bits per heavy atom. The predicted molar refractivity (Wildman–Crippen MR) is 55.0 cm³/mol. The highest BCUT2D eigenvalue weighted by atomic mass is 32.1. The lowest BCUT2D eigenvalue weighted by atomic mass is 10.3. The molecule has 0 saturated carbocycles. The van der Waals surface area contributed by atoms with Crippen molar-refractivity contribution in [1.82, 2.24) is 4.31 Å². The van der Waals surface area contributed by atoms with E-state index in [9.17, 15) is 9.59 Å². The smallest absolute Gasteiger partial charge is 0.272 e. The van der Waals surface area contributed by atoms with Crippen molar-refractivity contribution in [2.24, 2.45) is 0 Å². The molecule has 1 saturated heterocycles. The van der Waals surface area contributed by atoms with Crippen molar-refractivity contribution in [3.05, 3.63) is 30.3 Å². The largest absolute Gasteiger partial charge is 0.341 e. The van der Waals surface area contributed by atoms with Crippen LogP contribution in [-0.4, -0.2) is 22.8 Å². The Morgan fingerprint density at radius 3 is 2.29 bits per heavy atom. The Bertz CT molecular complexity index is 380. The van der Waals surface area contributed by atoms with Gasteiger partial charge in [-0.1, -0.05) is 31.0 Å². The van der Waals surface area contributed by atoms with Crippen LogP contribution in [0.3, 0.4) is 0 Å². The van der Waals surface area contributed by atoms with Gasteiger partial charge in [0.1, 0.15) is 6.54 Å². The maximum atomic E-state index is 11.5. The first-order chi connectivity index (χ1) is 6.70. The van der Waals surface area contributed by atoms with Crippen molar-refractivity contribution in [2.45, 2.75) is 0 Å². The van der Waals surface area contributed by atoms with Crippen LogP contribution in [0.15, 0.2) is 30.3 Å². The van der Waals surface area contributed by atoms with Gasteiger partial charge in [0.15, 0.2) is 0 Å². The number of hydrogen-bond acceptors (Lipinski definition) is 3. The van der Waals surface area contributed by atoms with E-state index >= 15 is 0 Å². The van der Waals surface area contributed by atoms with Gasteiger partial charge in [-0.25, -0.2) is 9.69 Å². The average molecular weight is 208 g/mol. The van der Waals surface area contributed by atoms with Crippen LogP contribution >= 0.6 is 12.8 Å². The summed E-state index contributed by atoms with van der Waals surface area (Å²) in [5, 5.41) is 0. The molecule has 72 valence electrons. The number of imide groups is 1. The second-order valence-electron chi connectivity index (χ2n) is 2.90. The number of urea groups is 1. The number of nitrogens with zero attached hydrogens (tertiary/aromatic N) is 2. The molecule has 0 spiro atoms. The van der Waals surface area contributed by atoms with Crippen LogP contribution in [0.1, 0.15) is 0 Å². The quantitative estimate of drug-likeness (QED) is 0.558. The van der Waals surface area contributed by atoms with Crippen molar-refractivity contribution >= 4 is 30.4 Å². The van der Waals surface area contributed by atoms with Crippen LogP contribution in [0.4, 0.5) is 10.5 Å². The minimum Gasteiger partial charge on any atom is -0.272 e. The molecule has 0 unspecified atom stereocenters. The van der Waals surface area contributed by atoms with E-state index in [-0.39, 0.29) is 12.5 Å². The van der Waals surface area contributed by atoms with E-state index < -0.39 is 6.03 Å². The first-order valence-electron chi connectivity index (χ1n) is 4.08. The molecule has 1 aliphatic rings. The molecule has 0 N–H and O–H groups in total. The van der Waals surface area contributed by atoms with Crippen LogP contribution < -0.4 is 4.90 Å². The molecule has 1 aromatic carbocycles. The molecular formula is C9H8N2O2S. The minimum absolute atomic E-state index is 0.0246. The van der Waals surface area contributed by atoms with Gasteiger partial charge in [-0.2, -0.15) is 0 Å². The number of thiol groups is 1. The molecule has 5 heteroatoms. The van der Waals surface area contributed by atoms with Gasteiger partial charge in [0.05, 0.1) is 5.69 Å². The first-order valence-corrected chi connectivity index (χ1v) is 4.48. The van der Waals surface area contributed by atoms with Crippen molar-refractivity contribution < 1.29 is 9.59 Å². The summed E-state index contributed by atoms with van der Waals surface area (Å²) in [5.74, 6) is -0.254. The van der Waals surface area contributed by atoms with E-state index in [1.165, 1.54) is 0 Å². The molecule has 0 radical (unpaired) electrons. The Labute approximate surface area is 86.7 Å². The lowest BCUT2D eigenvalue weighted by Crippen LogP contribution is -2.30. The molecule has 0 aliphatic carbocycles. The Hall–Kier alpha value is -1.49. The Balaban J connectivity index is 2.36. The molecule has 0 aromatic heterocycles. The topological polar surface area (TPSA) is 40.6 Å². The van der Waals surface area contributed by atoms with E-state index in [1.807, 2.05) is 6.07 Å². The molecular weight excluding hydrogens is 200 g/mol. The Morgan fingerprint density at radius 1 is 1.14 bits per heavy atom. The first kappa shape index (κ1) is 9.08. The molecule has 0 atom stereocenters. The molecule has 2 rings (SSSR count). The van der Waals surface area contributed by atoms with Crippen LogP contribution in [0.5, 0.6) is 0 Å². The molecule has 0 bridgehead atoms. The lowest BCUT2D eigenvalue weighted by molar-refractivity contribution is -0.116. The summed E-state index contributed by atoms with van der Waals surface area (Å²) in [7, 11) is 0. The molecule has 3 amide bonds. The van der Waals surface area contributed by atoms with Crippen molar-refractivity contribution in [2.75, 3.05) is 11.4 Å². The van der Waals surface area contributed by atoms with E-state index in [0.29, 0.717) is 5.69 Å². The number of benzene rings is 1. The van der Waals surface area contributed by atoms with Gasteiger partial charge in [0, 0.05) is 0 Å². The highest BCUT2D eigenvalue weighted by Gasteiger charge is 2.35. The second-order valence-corrected chi connectivity index (χ2v) is 3.39. The Kier molecular flexibility index (Phi) is 2.17. The third kappa shape index (κ3) is 1.35. The zero-order valence-electron chi connectivity index (χ0n) is 7.25. The molecule has 1 aliphatic heterocycles. The number of amides is 3. The van der Waals surface area contributed by atoms with Crippen molar-refractivity contribution in [3.8, 4) is 0 Å². The van der Waals surface area contributed by atoms with Crippen molar-refractivity contribution in [3.63, 3.8) is 0 Å². The van der Waals surface area contributed by atoms with Gasteiger partial charge in [0.2, 0.25) is 0 Å². The van der Waals surface area contributed by atoms with Gasteiger partial charge in [-0.3, -0.25) is 9.10 Å². The summed E-state index contributed by atoms with van der Waals surface area (Å²) in [4.78, 5) is 24.0. The molecule has 1 fully saturated rings. The predicted octanol–water partition coefficient (Wildman–Crippen LogP) is 1.30. The molecule has 1 heterocycles. The lowest BCUT2D eigenvalue weighted by Gasteiger charge is -2.12. The maximum Gasteiger partial charge on any atom is 0.341 e. The maximum absolute atomic E-state index is 11.5. The summed E-state index contributed by atoms with van der Waals surface area (Å²) in [6, 6.07) is 8.40. The summed E-state index contributed by atoms with van der Waals surface area (Å²) in [5.41, 5.74) is 0.582. The van der Waals surface area contributed by atoms with Gasteiger partial charge in [-0.05, 0) is 12.1 Å². The molecule has 14 heavy (non-hydrogen) atoms. The monoisotopic (exact) mass is 208 g/mol. The fourth-order valence-electron chi connectivity index (χ4n) is 1.32. The highest BCUT2D eigenvalue weighted by molar-refractivity contribution is 7.78. The summed E-state index contributed by atoms with van der Waals surface area (Å²) in [6.45, 7) is 0.0246. The highest BCUT2D eigenvalue weighted by Crippen LogP contribution is 2.21. The molecule has 4 nitrogen and oxygen atoms in total. The average Bonchev–Trinajstić information content (AvgIpc) is 2.43. The van der Waals surface area contributed by atoms with Crippen LogP contribution in [-0.2, 0) is 4.79 Å². The SMILES string of the molecule is O=C1CN(S)C(=O)N1c1ccccc1. The van der Waals surface area contributed by atoms with E-state index in [1.54, 1.807) is 24.3 Å². The van der Waals surface area contributed by atoms with Gasteiger partial charge >= 0.3 is 6.03 Å².